The maximum atomic E-state index is 14.0. The minimum Gasteiger partial charge on any atom is -0.478 e. The fourth-order valence-corrected chi connectivity index (χ4v) is 3.35. The Balaban J connectivity index is 2.33. The molecule has 0 amide bonds. The summed E-state index contributed by atoms with van der Waals surface area (Å²) in [4.78, 5) is 13.1. The molecule has 0 radical (unpaired) electrons. The third kappa shape index (κ3) is 3.21. The van der Waals surface area contributed by atoms with Crippen LogP contribution in [0.2, 0.25) is 0 Å². The Labute approximate surface area is 116 Å². The van der Waals surface area contributed by atoms with Crippen LogP contribution in [0.3, 0.4) is 0 Å². The molecule has 2 rings (SSSR count). The lowest BCUT2D eigenvalue weighted by atomic mass is 10.1. The van der Waals surface area contributed by atoms with Crippen LogP contribution in [0.4, 0.5) is 10.1 Å². The Morgan fingerprint density at radius 3 is 2.84 bits per heavy atom. The summed E-state index contributed by atoms with van der Waals surface area (Å²) >= 11 is 1.85. The van der Waals surface area contributed by atoms with Crippen LogP contribution >= 0.6 is 11.8 Å². The van der Waals surface area contributed by atoms with Gasteiger partial charge in [-0.3, -0.25) is 0 Å². The van der Waals surface area contributed by atoms with Crippen molar-refractivity contribution in [1.29, 1.82) is 0 Å². The van der Waals surface area contributed by atoms with E-state index < -0.39 is 11.8 Å². The molecule has 1 aliphatic rings. The van der Waals surface area contributed by atoms with Crippen LogP contribution in [-0.4, -0.2) is 34.7 Å². The molecule has 5 heteroatoms. The number of carboxylic acids is 1. The molecular formula is C14H18FNO2S. The van der Waals surface area contributed by atoms with Crippen molar-refractivity contribution in [1.82, 2.24) is 0 Å². The summed E-state index contributed by atoms with van der Waals surface area (Å²) in [5.41, 5.74) is 0.276. The highest BCUT2D eigenvalue weighted by Crippen LogP contribution is 2.34. The number of rotatable bonds is 2. The number of nitrogens with zero attached hydrogens (tertiary/aromatic N) is 1. The van der Waals surface area contributed by atoms with Gasteiger partial charge in [0.25, 0.3) is 0 Å². The molecular weight excluding hydrogens is 265 g/mol. The van der Waals surface area contributed by atoms with Gasteiger partial charge < -0.3 is 10.0 Å². The van der Waals surface area contributed by atoms with Crippen molar-refractivity contribution >= 4 is 23.4 Å². The first-order valence-corrected chi connectivity index (χ1v) is 7.30. The van der Waals surface area contributed by atoms with Gasteiger partial charge in [-0.2, -0.15) is 11.8 Å². The van der Waals surface area contributed by atoms with Crippen LogP contribution in [-0.2, 0) is 0 Å². The SMILES string of the molecule is CC1(C)CCN(c2c(F)cccc2C(=O)O)CCS1. The Kier molecular flexibility index (Phi) is 4.04. The standard InChI is InChI=1S/C14H18FNO2S/c1-14(2)6-7-16(8-9-19-14)12-10(13(17)18)4-3-5-11(12)15/h3-5H,6-9H2,1-2H3,(H,17,18). The van der Waals surface area contributed by atoms with Gasteiger partial charge in [0, 0.05) is 23.6 Å². The normalized spacial score (nSPS) is 19.0. The quantitative estimate of drug-likeness (QED) is 0.904. The topological polar surface area (TPSA) is 40.5 Å². The summed E-state index contributed by atoms with van der Waals surface area (Å²) in [6.45, 7) is 5.69. The van der Waals surface area contributed by atoms with Crippen LogP contribution in [0, 0.1) is 5.82 Å². The molecule has 1 N–H and O–H groups in total. The number of para-hydroxylation sites is 1. The second kappa shape index (κ2) is 5.41. The van der Waals surface area contributed by atoms with Gasteiger partial charge in [-0.1, -0.05) is 19.9 Å². The number of hydrogen-bond acceptors (Lipinski definition) is 3. The van der Waals surface area contributed by atoms with Crippen LogP contribution in [0.25, 0.3) is 0 Å². The van der Waals surface area contributed by atoms with E-state index in [4.69, 9.17) is 0 Å². The van der Waals surface area contributed by atoms with Gasteiger partial charge in [0.05, 0.1) is 11.3 Å². The predicted molar refractivity (Wildman–Crippen MR) is 76.7 cm³/mol. The summed E-state index contributed by atoms with van der Waals surface area (Å²) in [7, 11) is 0. The van der Waals surface area contributed by atoms with Gasteiger partial charge in [0.15, 0.2) is 0 Å². The fraction of sp³-hybridized carbons (Fsp3) is 0.500. The van der Waals surface area contributed by atoms with Gasteiger partial charge in [0.2, 0.25) is 0 Å². The molecule has 0 bridgehead atoms. The van der Waals surface area contributed by atoms with Crippen LogP contribution in [0.1, 0.15) is 30.6 Å². The first-order chi connectivity index (χ1) is 8.91. The number of aromatic carboxylic acids is 1. The second-order valence-corrected chi connectivity index (χ2v) is 7.09. The maximum absolute atomic E-state index is 14.0. The first-order valence-electron chi connectivity index (χ1n) is 6.31. The molecule has 19 heavy (non-hydrogen) atoms. The molecule has 1 aromatic carbocycles. The highest BCUT2D eigenvalue weighted by atomic mass is 32.2. The smallest absolute Gasteiger partial charge is 0.337 e. The fourth-order valence-electron chi connectivity index (χ4n) is 2.25. The van der Waals surface area contributed by atoms with Crippen LogP contribution < -0.4 is 4.90 Å². The van der Waals surface area contributed by atoms with Crippen molar-refractivity contribution in [2.75, 3.05) is 23.7 Å². The molecule has 0 aromatic heterocycles. The average molecular weight is 283 g/mol. The Bertz CT molecular complexity index is 490. The Morgan fingerprint density at radius 2 is 2.16 bits per heavy atom. The molecule has 0 atom stereocenters. The monoisotopic (exact) mass is 283 g/mol. The molecule has 1 fully saturated rings. The van der Waals surface area contributed by atoms with Gasteiger partial charge in [0.1, 0.15) is 5.82 Å². The summed E-state index contributed by atoms with van der Waals surface area (Å²) in [5.74, 6) is -0.657. The highest BCUT2D eigenvalue weighted by molar-refractivity contribution is 8.00. The van der Waals surface area contributed by atoms with Gasteiger partial charge in [-0.05, 0) is 18.6 Å². The summed E-state index contributed by atoms with van der Waals surface area (Å²) in [6.07, 6.45) is 0.908. The summed E-state index contributed by atoms with van der Waals surface area (Å²) in [5, 5.41) is 9.20. The molecule has 3 nitrogen and oxygen atoms in total. The molecule has 0 saturated carbocycles. The minimum atomic E-state index is -1.08. The van der Waals surface area contributed by atoms with Crippen LogP contribution in [0.15, 0.2) is 18.2 Å². The van der Waals surface area contributed by atoms with E-state index in [-0.39, 0.29) is 16.0 Å². The molecule has 104 valence electrons. The molecule has 0 aliphatic carbocycles. The van der Waals surface area contributed by atoms with Crippen LogP contribution in [0.5, 0.6) is 0 Å². The average Bonchev–Trinajstić information content (AvgIpc) is 2.50. The van der Waals surface area contributed by atoms with Gasteiger partial charge in [-0.15, -0.1) is 0 Å². The maximum Gasteiger partial charge on any atom is 0.337 e. The van der Waals surface area contributed by atoms with Crippen molar-refractivity contribution in [3.63, 3.8) is 0 Å². The number of benzene rings is 1. The molecule has 1 aromatic rings. The lowest BCUT2D eigenvalue weighted by molar-refractivity contribution is 0.0697. The van der Waals surface area contributed by atoms with Crippen molar-refractivity contribution in [2.24, 2.45) is 0 Å². The second-order valence-electron chi connectivity index (χ2n) is 5.29. The molecule has 0 unspecified atom stereocenters. The highest BCUT2D eigenvalue weighted by Gasteiger charge is 2.27. The number of anilines is 1. The Hall–Kier alpha value is -1.23. The van der Waals surface area contributed by atoms with E-state index in [1.54, 1.807) is 0 Å². The number of halogens is 1. The summed E-state index contributed by atoms with van der Waals surface area (Å²) < 4.78 is 14.2. The Morgan fingerprint density at radius 1 is 1.42 bits per heavy atom. The van der Waals surface area contributed by atoms with E-state index in [1.807, 2.05) is 16.7 Å². The van der Waals surface area contributed by atoms with Crippen molar-refractivity contribution in [3.8, 4) is 0 Å². The third-order valence-corrected chi connectivity index (χ3v) is 4.74. The molecule has 1 saturated heterocycles. The first kappa shape index (κ1) is 14.2. The zero-order valence-corrected chi connectivity index (χ0v) is 12.0. The zero-order chi connectivity index (χ0) is 14.0. The van der Waals surface area contributed by atoms with Gasteiger partial charge >= 0.3 is 5.97 Å². The number of carbonyl (C=O) groups is 1. The molecule has 1 heterocycles. The predicted octanol–water partition coefficient (Wildman–Crippen LogP) is 3.25. The molecule has 0 spiro atoms. The van der Waals surface area contributed by atoms with E-state index >= 15 is 0 Å². The van der Waals surface area contributed by atoms with E-state index in [0.717, 1.165) is 12.2 Å². The van der Waals surface area contributed by atoms with Gasteiger partial charge in [-0.25, -0.2) is 9.18 Å². The summed E-state index contributed by atoms with van der Waals surface area (Å²) in [6, 6.07) is 4.23. The van der Waals surface area contributed by atoms with Crippen molar-refractivity contribution in [2.45, 2.75) is 25.0 Å². The zero-order valence-electron chi connectivity index (χ0n) is 11.1. The lowest BCUT2D eigenvalue weighted by Gasteiger charge is -2.25. The van der Waals surface area contributed by atoms with E-state index in [9.17, 15) is 14.3 Å². The number of carboxylic acid groups (broad SMARTS) is 1. The lowest BCUT2D eigenvalue weighted by Crippen LogP contribution is -2.29. The van der Waals surface area contributed by atoms with E-state index in [2.05, 4.69) is 13.8 Å². The number of hydrogen-bond donors (Lipinski definition) is 1. The molecule has 1 aliphatic heterocycles. The van der Waals surface area contributed by atoms with E-state index in [1.165, 1.54) is 18.2 Å². The third-order valence-electron chi connectivity index (χ3n) is 3.37. The van der Waals surface area contributed by atoms with E-state index in [0.29, 0.717) is 13.1 Å². The van der Waals surface area contributed by atoms with Crippen molar-refractivity contribution < 1.29 is 14.3 Å². The minimum absolute atomic E-state index is 0.0460. The number of thioether (sulfide) groups is 1. The largest absolute Gasteiger partial charge is 0.478 e. The van der Waals surface area contributed by atoms with Crippen molar-refractivity contribution in [3.05, 3.63) is 29.6 Å².